The molecule has 0 aliphatic rings. The maximum atomic E-state index is 10.9. The van der Waals surface area contributed by atoms with Crippen LogP contribution in [-0.4, -0.2) is 4.92 Å². The van der Waals surface area contributed by atoms with E-state index in [1.165, 1.54) is 12.3 Å². The van der Waals surface area contributed by atoms with Gasteiger partial charge in [-0.15, -0.1) is 0 Å². The lowest BCUT2D eigenvalue weighted by molar-refractivity contribution is -0.386. The number of benzene rings is 1. The second kappa shape index (κ2) is 5.80. The molecule has 7 heteroatoms. The summed E-state index contributed by atoms with van der Waals surface area (Å²) < 4.78 is 0.375. The van der Waals surface area contributed by atoms with Crippen molar-refractivity contribution in [2.24, 2.45) is 0 Å². The van der Waals surface area contributed by atoms with Crippen LogP contribution in [0.25, 0.3) is 0 Å². The van der Waals surface area contributed by atoms with Gasteiger partial charge in [0.15, 0.2) is 0 Å². The predicted molar refractivity (Wildman–Crippen MR) is 68.5 cm³/mol. The second-order valence-corrected chi connectivity index (χ2v) is 4.11. The first-order valence-electron chi connectivity index (χ1n) is 4.71. The third-order valence-corrected chi connectivity index (χ3v) is 2.82. The van der Waals surface area contributed by atoms with Crippen molar-refractivity contribution >= 4 is 27.3 Å². The minimum atomic E-state index is -0.496. The Hall–Kier alpha value is -2.38. The van der Waals surface area contributed by atoms with E-state index in [0.29, 0.717) is 15.7 Å². The van der Waals surface area contributed by atoms with Gasteiger partial charge in [0.25, 0.3) is 5.69 Å². The number of nitriles is 2. The van der Waals surface area contributed by atoms with E-state index in [1.807, 2.05) is 0 Å². The van der Waals surface area contributed by atoms with Crippen LogP contribution in [0.5, 0.6) is 0 Å². The van der Waals surface area contributed by atoms with E-state index >= 15 is 0 Å². The molecule has 1 rings (SSSR count). The first-order chi connectivity index (χ1) is 8.51. The summed E-state index contributed by atoms with van der Waals surface area (Å²) >= 11 is 3.10. The highest BCUT2D eigenvalue weighted by Gasteiger charge is 2.18. The normalized spacial score (nSPS) is 8.89. The summed E-state index contributed by atoms with van der Waals surface area (Å²) in [6.45, 7) is 1.58. The first kappa shape index (κ1) is 13.7. The maximum Gasteiger partial charge on any atom is 0.288 e. The van der Waals surface area contributed by atoms with Crippen LogP contribution in [0, 0.1) is 39.7 Å². The Morgan fingerprint density at radius 3 is 2.61 bits per heavy atom. The Kier molecular flexibility index (Phi) is 4.41. The van der Waals surface area contributed by atoms with Crippen LogP contribution in [-0.2, 0) is 0 Å². The maximum absolute atomic E-state index is 10.9. The van der Waals surface area contributed by atoms with Crippen LogP contribution in [0.2, 0.25) is 0 Å². The molecule has 0 heterocycles. The minimum absolute atomic E-state index is 0.0520. The van der Waals surface area contributed by atoms with Gasteiger partial charge in [0.1, 0.15) is 17.7 Å². The Bertz CT molecular complexity index is 595. The highest BCUT2D eigenvalue weighted by molar-refractivity contribution is 9.10. The van der Waals surface area contributed by atoms with E-state index in [2.05, 4.69) is 21.2 Å². The molecule has 18 heavy (non-hydrogen) atoms. The SMILES string of the molecule is Cc1c(NC=C(C#N)C#N)ccc(Br)c1[N+](=O)[O-]. The average Bonchev–Trinajstić information content (AvgIpc) is 2.32. The molecule has 0 saturated carbocycles. The molecule has 0 atom stereocenters. The van der Waals surface area contributed by atoms with Crippen molar-refractivity contribution in [1.82, 2.24) is 0 Å². The zero-order valence-electron chi connectivity index (χ0n) is 9.27. The Balaban J connectivity index is 3.19. The van der Waals surface area contributed by atoms with Crippen molar-refractivity contribution in [2.45, 2.75) is 6.92 Å². The molecule has 0 spiro atoms. The lowest BCUT2D eigenvalue weighted by atomic mass is 10.1. The number of hydrogen-bond donors (Lipinski definition) is 1. The van der Waals surface area contributed by atoms with Gasteiger partial charge in [-0.05, 0) is 35.0 Å². The van der Waals surface area contributed by atoms with Crippen molar-refractivity contribution in [3.8, 4) is 12.1 Å². The molecule has 0 aliphatic heterocycles. The molecule has 1 N–H and O–H groups in total. The van der Waals surface area contributed by atoms with Crippen molar-refractivity contribution < 1.29 is 4.92 Å². The fourth-order valence-corrected chi connectivity index (χ4v) is 1.86. The predicted octanol–water partition coefficient (Wildman–Crippen LogP) is 3.01. The van der Waals surface area contributed by atoms with Gasteiger partial charge >= 0.3 is 0 Å². The van der Waals surface area contributed by atoms with Crippen molar-refractivity contribution in [3.05, 3.63) is 44.1 Å². The number of nitro groups is 1. The van der Waals surface area contributed by atoms with Crippen LogP contribution < -0.4 is 5.32 Å². The molecule has 0 saturated heterocycles. The standard InChI is InChI=1S/C11H7BrN4O2/c1-7-10(15-6-8(4-13)5-14)3-2-9(12)11(7)16(17)18/h2-3,6,15H,1H3. The monoisotopic (exact) mass is 306 g/mol. The summed E-state index contributed by atoms with van der Waals surface area (Å²) in [5.74, 6) is 0. The van der Waals surface area contributed by atoms with E-state index in [-0.39, 0.29) is 11.3 Å². The fraction of sp³-hybridized carbons (Fsp3) is 0.0909. The summed E-state index contributed by atoms with van der Waals surface area (Å²) in [4.78, 5) is 10.4. The molecule has 0 unspecified atom stereocenters. The molecule has 6 nitrogen and oxygen atoms in total. The summed E-state index contributed by atoms with van der Waals surface area (Å²) in [6, 6.07) is 6.52. The highest BCUT2D eigenvalue weighted by Crippen LogP contribution is 2.33. The van der Waals surface area contributed by atoms with Gasteiger partial charge in [-0.3, -0.25) is 10.1 Å². The minimum Gasteiger partial charge on any atom is -0.359 e. The van der Waals surface area contributed by atoms with Gasteiger partial charge in [0.05, 0.1) is 15.0 Å². The number of nitro benzene ring substituents is 1. The molecule has 0 amide bonds. The summed E-state index contributed by atoms with van der Waals surface area (Å²) in [5, 5.41) is 30.7. The topological polar surface area (TPSA) is 103 Å². The van der Waals surface area contributed by atoms with Gasteiger partial charge < -0.3 is 5.32 Å². The summed E-state index contributed by atoms with van der Waals surface area (Å²) in [5.41, 5.74) is 0.720. The molecular weight excluding hydrogens is 300 g/mol. The van der Waals surface area contributed by atoms with Gasteiger partial charge in [-0.2, -0.15) is 10.5 Å². The van der Waals surface area contributed by atoms with Crippen LogP contribution in [0.15, 0.2) is 28.4 Å². The van der Waals surface area contributed by atoms with Crippen molar-refractivity contribution in [2.75, 3.05) is 5.32 Å². The van der Waals surface area contributed by atoms with Crippen LogP contribution in [0.3, 0.4) is 0 Å². The van der Waals surface area contributed by atoms with Gasteiger partial charge in [0, 0.05) is 11.9 Å². The Morgan fingerprint density at radius 2 is 2.11 bits per heavy atom. The van der Waals surface area contributed by atoms with Gasteiger partial charge in [-0.25, -0.2) is 0 Å². The zero-order valence-corrected chi connectivity index (χ0v) is 10.9. The molecule has 0 fully saturated rings. The van der Waals surface area contributed by atoms with Gasteiger partial charge in [-0.1, -0.05) is 0 Å². The number of nitrogens with one attached hydrogen (secondary N) is 1. The average molecular weight is 307 g/mol. The van der Waals surface area contributed by atoms with E-state index in [0.717, 1.165) is 0 Å². The van der Waals surface area contributed by atoms with E-state index in [1.54, 1.807) is 25.1 Å². The summed E-state index contributed by atoms with van der Waals surface area (Å²) in [7, 11) is 0. The first-order valence-corrected chi connectivity index (χ1v) is 5.51. The molecule has 0 radical (unpaired) electrons. The molecule has 1 aromatic rings. The molecule has 1 aromatic carbocycles. The number of halogens is 1. The largest absolute Gasteiger partial charge is 0.359 e. The molecular formula is C11H7BrN4O2. The zero-order chi connectivity index (χ0) is 13.7. The third-order valence-electron chi connectivity index (χ3n) is 2.18. The molecule has 0 bridgehead atoms. The number of nitrogens with zero attached hydrogens (tertiary/aromatic N) is 3. The van der Waals surface area contributed by atoms with Crippen LogP contribution >= 0.6 is 15.9 Å². The van der Waals surface area contributed by atoms with Crippen molar-refractivity contribution in [3.63, 3.8) is 0 Å². The van der Waals surface area contributed by atoms with Crippen LogP contribution in [0.4, 0.5) is 11.4 Å². The molecule has 0 aliphatic carbocycles. The smallest absolute Gasteiger partial charge is 0.288 e. The summed E-state index contributed by atoms with van der Waals surface area (Å²) in [6.07, 6.45) is 1.21. The molecule has 0 aromatic heterocycles. The van der Waals surface area contributed by atoms with E-state index in [9.17, 15) is 10.1 Å². The number of rotatable bonds is 3. The van der Waals surface area contributed by atoms with E-state index in [4.69, 9.17) is 10.5 Å². The molecule has 90 valence electrons. The fourth-order valence-electron chi connectivity index (χ4n) is 1.29. The Labute approximate surface area is 111 Å². The quantitative estimate of drug-likeness (QED) is 0.525. The number of anilines is 1. The lowest BCUT2D eigenvalue weighted by Crippen LogP contribution is -1.98. The highest BCUT2D eigenvalue weighted by atomic mass is 79.9. The lowest BCUT2D eigenvalue weighted by Gasteiger charge is -2.07. The number of allylic oxidation sites excluding steroid dienone is 1. The Morgan fingerprint density at radius 1 is 1.50 bits per heavy atom. The van der Waals surface area contributed by atoms with E-state index < -0.39 is 4.92 Å². The van der Waals surface area contributed by atoms with Crippen LogP contribution in [0.1, 0.15) is 5.56 Å². The second-order valence-electron chi connectivity index (χ2n) is 3.25. The number of hydrogen-bond acceptors (Lipinski definition) is 5. The van der Waals surface area contributed by atoms with Gasteiger partial charge in [0.2, 0.25) is 0 Å². The van der Waals surface area contributed by atoms with Crippen molar-refractivity contribution in [1.29, 1.82) is 10.5 Å². The third kappa shape index (κ3) is 2.84.